The molecule has 0 spiro atoms. The van der Waals surface area contributed by atoms with Crippen molar-refractivity contribution in [1.29, 1.82) is 0 Å². The van der Waals surface area contributed by atoms with E-state index >= 15 is 0 Å². The number of nitrogens with two attached hydrogens (primary N) is 1. The van der Waals surface area contributed by atoms with Gasteiger partial charge in [-0.25, -0.2) is 4.98 Å². The van der Waals surface area contributed by atoms with Crippen molar-refractivity contribution in [1.82, 2.24) is 19.5 Å². The summed E-state index contributed by atoms with van der Waals surface area (Å²) < 4.78 is 31.5. The molecule has 0 radical (unpaired) electrons. The van der Waals surface area contributed by atoms with Gasteiger partial charge in [0.05, 0.1) is 25.1 Å². The van der Waals surface area contributed by atoms with Crippen LogP contribution in [0.15, 0.2) is 6.33 Å². The number of hydrogen-bond acceptors (Lipinski definition) is 11. The van der Waals surface area contributed by atoms with E-state index in [0.29, 0.717) is 18.4 Å². The fourth-order valence-electron chi connectivity index (χ4n) is 4.43. The first-order chi connectivity index (χ1) is 16.4. The van der Waals surface area contributed by atoms with Crippen molar-refractivity contribution < 1.29 is 38.8 Å². The van der Waals surface area contributed by atoms with Crippen molar-refractivity contribution in [3.63, 3.8) is 0 Å². The lowest BCUT2D eigenvalue weighted by Gasteiger charge is -2.40. The average molecular weight is 518 g/mol. The molecule has 198 valence electrons. The fraction of sp³-hybridized carbons (Fsp3) is 0.762. The number of aromatic nitrogens is 4. The molecule has 0 bridgehead atoms. The first-order valence-electron chi connectivity index (χ1n) is 11.7. The summed E-state index contributed by atoms with van der Waals surface area (Å²) in [5.74, 6) is 0.0846. The van der Waals surface area contributed by atoms with E-state index in [1.54, 1.807) is 27.7 Å². The molecule has 0 aromatic carbocycles. The largest absolute Gasteiger partial charge is 0.479 e. The molecule has 14 heteroatoms. The smallest absolute Gasteiger partial charge is 0.359 e. The minimum Gasteiger partial charge on any atom is -0.479 e. The van der Waals surface area contributed by atoms with Crippen molar-refractivity contribution in [2.45, 2.75) is 95.3 Å². The van der Waals surface area contributed by atoms with Gasteiger partial charge in [-0.1, -0.05) is 27.7 Å². The number of anilines is 1. The molecule has 2 aromatic rings. The Bertz CT molecular complexity index is 1070. The van der Waals surface area contributed by atoms with Gasteiger partial charge in [-0.15, -0.1) is 0 Å². The average Bonchev–Trinajstić information content (AvgIpc) is 3.37. The van der Waals surface area contributed by atoms with E-state index in [4.69, 9.17) is 19.7 Å². The maximum atomic E-state index is 13.1. The van der Waals surface area contributed by atoms with Gasteiger partial charge in [0, 0.05) is 6.42 Å². The van der Waals surface area contributed by atoms with Gasteiger partial charge in [0.1, 0.15) is 12.2 Å². The normalized spacial score (nSPS) is 25.2. The molecule has 0 amide bonds. The van der Waals surface area contributed by atoms with Crippen LogP contribution in [0.25, 0.3) is 11.2 Å². The zero-order valence-corrected chi connectivity index (χ0v) is 21.6. The molecule has 6 N–H and O–H groups in total. The van der Waals surface area contributed by atoms with E-state index in [2.05, 4.69) is 15.0 Å². The Hall–Kier alpha value is -1.86. The summed E-state index contributed by atoms with van der Waals surface area (Å²) in [6.45, 7) is 6.79. The van der Waals surface area contributed by atoms with Crippen LogP contribution >= 0.6 is 7.60 Å². The molecule has 13 nitrogen and oxygen atoms in total. The predicted octanol–water partition coefficient (Wildman–Crippen LogP) is 1.70. The Labute approximate surface area is 203 Å². The fourth-order valence-corrected chi connectivity index (χ4v) is 6.26. The quantitative estimate of drug-likeness (QED) is 0.271. The minimum atomic E-state index is -4.48. The van der Waals surface area contributed by atoms with Crippen LogP contribution in [0.3, 0.4) is 0 Å². The van der Waals surface area contributed by atoms with E-state index < -0.39 is 43.1 Å². The monoisotopic (exact) mass is 517 g/mol. The van der Waals surface area contributed by atoms with E-state index in [9.17, 15) is 24.8 Å². The molecule has 2 unspecified atom stereocenters. The van der Waals surface area contributed by atoms with Crippen LogP contribution in [0.4, 0.5) is 5.95 Å². The molecule has 1 saturated heterocycles. The van der Waals surface area contributed by atoms with Crippen LogP contribution in [0.5, 0.6) is 5.88 Å². The van der Waals surface area contributed by atoms with Gasteiger partial charge < -0.3 is 35.4 Å². The van der Waals surface area contributed by atoms with Gasteiger partial charge in [-0.2, -0.15) is 9.97 Å². The third-order valence-electron chi connectivity index (χ3n) is 7.05. The topological polar surface area (TPSA) is 195 Å². The summed E-state index contributed by atoms with van der Waals surface area (Å²) in [5, 5.41) is 30.5. The maximum absolute atomic E-state index is 13.1. The lowest BCUT2D eigenvalue weighted by Crippen LogP contribution is -2.42. The van der Waals surface area contributed by atoms with Crippen LogP contribution in [-0.2, 0) is 13.8 Å². The number of aliphatic hydroxyl groups excluding tert-OH is 2. The summed E-state index contributed by atoms with van der Waals surface area (Å²) in [6, 6.07) is 0. The number of hydrogen-bond donors (Lipinski definition) is 5. The SMILES string of the molecule is CCC(CC)(CC1O[C@@H](n2cnc3c(OC)nc(N)nc32)[C@H](O)[C@@H]1O)OP(=O)(O)C(O)(CC)CC. The highest BCUT2D eigenvalue weighted by molar-refractivity contribution is 7.54. The van der Waals surface area contributed by atoms with Gasteiger partial charge >= 0.3 is 7.60 Å². The number of fused-ring (bicyclic) bond motifs is 1. The molecule has 3 rings (SSSR count). The molecular weight excluding hydrogens is 481 g/mol. The van der Waals surface area contributed by atoms with Crippen LogP contribution in [0, 0.1) is 0 Å². The summed E-state index contributed by atoms with van der Waals surface area (Å²) in [6.07, 6.45) is -2.68. The maximum Gasteiger partial charge on any atom is 0.359 e. The number of aliphatic hydroxyl groups is 3. The number of imidazole rings is 1. The molecule has 1 fully saturated rings. The Morgan fingerprint density at radius 2 is 1.77 bits per heavy atom. The molecule has 0 aliphatic carbocycles. The van der Waals surface area contributed by atoms with Crippen LogP contribution < -0.4 is 10.5 Å². The third-order valence-corrected chi connectivity index (χ3v) is 9.37. The van der Waals surface area contributed by atoms with Crippen molar-refractivity contribution in [3.8, 4) is 5.88 Å². The summed E-state index contributed by atoms with van der Waals surface area (Å²) >= 11 is 0. The lowest BCUT2D eigenvalue weighted by molar-refractivity contribution is -0.0761. The molecule has 3 heterocycles. The van der Waals surface area contributed by atoms with Crippen molar-refractivity contribution in [2.24, 2.45) is 0 Å². The second-order valence-electron chi connectivity index (χ2n) is 8.86. The summed E-state index contributed by atoms with van der Waals surface area (Å²) in [5.41, 5.74) is 5.12. The summed E-state index contributed by atoms with van der Waals surface area (Å²) in [7, 11) is -3.06. The minimum absolute atomic E-state index is 0.00411. The zero-order valence-electron chi connectivity index (χ0n) is 20.7. The van der Waals surface area contributed by atoms with Crippen LogP contribution in [-0.4, -0.2) is 76.1 Å². The molecular formula is C21H36N5O8P. The highest BCUT2D eigenvalue weighted by atomic mass is 31.2. The van der Waals surface area contributed by atoms with Gasteiger partial charge in [-0.3, -0.25) is 13.7 Å². The van der Waals surface area contributed by atoms with Crippen molar-refractivity contribution in [3.05, 3.63) is 6.33 Å². The summed E-state index contributed by atoms with van der Waals surface area (Å²) in [4.78, 5) is 23.1. The highest BCUT2D eigenvalue weighted by Gasteiger charge is 2.52. The zero-order chi connectivity index (χ0) is 26.2. The van der Waals surface area contributed by atoms with Crippen molar-refractivity contribution >= 4 is 24.7 Å². The van der Waals surface area contributed by atoms with E-state index in [1.807, 2.05) is 0 Å². The standard InChI is InChI=1S/C21H36N5O8P/c1-6-20(7-2,34-35(30,31)21(29,8-3)9-4)10-12-14(27)15(28)18(33-12)26-11-23-13-16(26)24-19(22)25-17(13)32-5/h11-12,14-15,18,27-29H,6-10H2,1-5H3,(H,30,31)(H2,22,24,25)/t12?,14-,15-,18-/m1/s1. The number of ether oxygens (including phenoxy) is 2. The molecule has 0 saturated carbocycles. The van der Waals surface area contributed by atoms with Gasteiger partial charge in [0.2, 0.25) is 11.8 Å². The Morgan fingerprint density at radius 3 is 2.31 bits per heavy atom. The Morgan fingerprint density at radius 1 is 1.14 bits per heavy atom. The third kappa shape index (κ3) is 4.91. The second-order valence-corrected chi connectivity index (χ2v) is 10.9. The Kier molecular flexibility index (Phi) is 8.12. The Balaban J connectivity index is 1.90. The number of methoxy groups -OCH3 is 1. The van der Waals surface area contributed by atoms with Gasteiger partial charge in [0.15, 0.2) is 22.7 Å². The second kappa shape index (κ2) is 10.3. The molecule has 2 aromatic heterocycles. The van der Waals surface area contributed by atoms with Gasteiger partial charge in [0.25, 0.3) is 0 Å². The van der Waals surface area contributed by atoms with E-state index in [1.165, 1.54) is 18.0 Å². The first kappa shape index (κ1) is 27.7. The number of nitrogens with zero attached hydrogens (tertiary/aromatic N) is 4. The molecule has 5 atom stereocenters. The predicted molar refractivity (Wildman–Crippen MR) is 127 cm³/mol. The van der Waals surface area contributed by atoms with Crippen molar-refractivity contribution in [2.75, 3.05) is 12.8 Å². The highest BCUT2D eigenvalue weighted by Crippen LogP contribution is 2.61. The molecule has 35 heavy (non-hydrogen) atoms. The number of nitrogen functional groups attached to an aromatic ring is 1. The van der Waals surface area contributed by atoms with Crippen LogP contribution in [0.1, 0.15) is 66.0 Å². The number of rotatable bonds is 11. The lowest BCUT2D eigenvalue weighted by atomic mass is 9.88. The van der Waals surface area contributed by atoms with Gasteiger partial charge in [-0.05, 0) is 25.7 Å². The first-order valence-corrected chi connectivity index (χ1v) is 13.3. The molecule has 1 aliphatic heterocycles. The van der Waals surface area contributed by atoms with E-state index in [0.717, 1.165) is 0 Å². The van der Waals surface area contributed by atoms with E-state index in [-0.39, 0.29) is 36.7 Å². The molecule has 1 aliphatic rings. The van der Waals surface area contributed by atoms with Crippen LogP contribution in [0.2, 0.25) is 0 Å².